The number of carbonyl (C=O) groups is 2. The van der Waals surface area contributed by atoms with Crippen LogP contribution in [-0.2, 0) is 11.0 Å². The van der Waals surface area contributed by atoms with E-state index in [4.69, 9.17) is 0 Å². The molecule has 0 bridgehead atoms. The first-order chi connectivity index (χ1) is 14.7. The summed E-state index contributed by atoms with van der Waals surface area (Å²) in [6.45, 7) is 0.533. The third kappa shape index (κ3) is 5.69. The maximum atomic E-state index is 13.4. The fraction of sp³-hybridized carbons (Fsp3) is 0.381. The maximum absolute atomic E-state index is 13.4. The molecule has 0 saturated carbocycles. The number of aromatic nitrogens is 1. The van der Waals surface area contributed by atoms with Crippen LogP contribution < -0.4 is 10.2 Å². The topological polar surface area (TPSA) is 65.5 Å². The number of pyridine rings is 1. The number of anilines is 2. The molecule has 31 heavy (non-hydrogen) atoms. The van der Waals surface area contributed by atoms with Gasteiger partial charge in [-0.05, 0) is 48.9 Å². The zero-order chi connectivity index (χ0) is 22.6. The van der Waals surface area contributed by atoms with Crippen LogP contribution in [0, 0.1) is 5.92 Å². The van der Waals surface area contributed by atoms with Gasteiger partial charge in [-0.15, -0.1) is 0 Å². The number of hydrogen-bond acceptors (Lipinski definition) is 5. The normalized spacial score (nSPS) is 16.7. The first kappa shape index (κ1) is 22.9. The Balaban J connectivity index is 1.74. The molecule has 1 fully saturated rings. The van der Waals surface area contributed by atoms with Crippen molar-refractivity contribution in [3.63, 3.8) is 0 Å². The first-order valence-electron chi connectivity index (χ1n) is 9.73. The van der Waals surface area contributed by atoms with E-state index in [2.05, 4.69) is 10.3 Å². The Kier molecular flexibility index (Phi) is 7.09. The molecule has 0 aliphatic carbocycles. The van der Waals surface area contributed by atoms with E-state index in [0.717, 1.165) is 17.8 Å². The molecule has 2 heterocycles. The summed E-state index contributed by atoms with van der Waals surface area (Å²) < 4.78 is 40.1. The van der Waals surface area contributed by atoms with Crippen LogP contribution in [0.15, 0.2) is 47.5 Å². The Morgan fingerprint density at radius 3 is 2.65 bits per heavy atom. The third-order valence-electron chi connectivity index (χ3n) is 4.89. The molecule has 1 aromatic carbocycles. The van der Waals surface area contributed by atoms with Gasteiger partial charge in [0, 0.05) is 38.3 Å². The number of halogens is 3. The number of hydrogen-bond donors (Lipinski definition) is 1. The van der Waals surface area contributed by atoms with E-state index in [1.807, 2.05) is 0 Å². The largest absolute Gasteiger partial charge is 0.419 e. The van der Waals surface area contributed by atoms with Gasteiger partial charge in [-0.3, -0.25) is 9.59 Å². The summed E-state index contributed by atoms with van der Waals surface area (Å²) in [5, 5.41) is 2.66. The Hall–Kier alpha value is -2.75. The highest BCUT2D eigenvalue weighted by molar-refractivity contribution is 8.13. The average molecular weight is 453 g/mol. The molecule has 1 unspecified atom stereocenters. The molecule has 1 aliphatic heterocycles. The van der Waals surface area contributed by atoms with Crippen LogP contribution >= 0.6 is 11.8 Å². The van der Waals surface area contributed by atoms with Crippen molar-refractivity contribution in [3.05, 3.63) is 48.2 Å². The van der Waals surface area contributed by atoms with Crippen molar-refractivity contribution in [3.8, 4) is 0 Å². The first-order valence-corrected chi connectivity index (χ1v) is 10.5. The molecule has 6 nitrogen and oxygen atoms in total. The highest BCUT2D eigenvalue weighted by Gasteiger charge is 2.37. The number of benzene rings is 1. The standard InChI is InChI=1S/C21H23F3N4O2S/c1-27(2)20(30)31-17-10-4-3-9-16(17)26-19(29)14-7-6-12-28(13-14)18-15(21(22,23)24)8-5-11-25-18/h3-5,8-11,14H,6-7,12-13H2,1-2H3,(H,26,29). The molecule has 0 spiro atoms. The number of rotatable bonds is 4. The predicted octanol–water partition coefficient (Wildman–Crippen LogP) is 4.73. The SMILES string of the molecule is CN(C)C(=O)Sc1ccccc1NC(=O)C1CCCN(c2ncccc2C(F)(F)F)C1. The van der Waals surface area contributed by atoms with Crippen LogP contribution in [-0.4, -0.2) is 48.2 Å². The predicted molar refractivity (Wildman–Crippen MR) is 114 cm³/mol. The van der Waals surface area contributed by atoms with Crippen LogP contribution in [0.4, 0.5) is 29.5 Å². The number of piperidine rings is 1. The molecular weight excluding hydrogens is 429 g/mol. The number of thioether (sulfide) groups is 1. The van der Waals surface area contributed by atoms with Crippen molar-refractivity contribution in [2.75, 3.05) is 37.4 Å². The van der Waals surface area contributed by atoms with E-state index >= 15 is 0 Å². The molecule has 3 rings (SSSR count). The summed E-state index contributed by atoms with van der Waals surface area (Å²) in [5.41, 5.74) is -0.307. The summed E-state index contributed by atoms with van der Waals surface area (Å²) in [5.74, 6) is -0.945. The number of carbonyl (C=O) groups excluding carboxylic acids is 2. The second-order valence-corrected chi connectivity index (χ2v) is 8.40. The van der Waals surface area contributed by atoms with Crippen molar-refractivity contribution in [1.29, 1.82) is 0 Å². The van der Waals surface area contributed by atoms with Gasteiger partial charge in [-0.1, -0.05) is 12.1 Å². The highest BCUT2D eigenvalue weighted by Crippen LogP contribution is 2.37. The smallest absolute Gasteiger partial charge is 0.355 e. The van der Waals surface area contributed by atoms with Crippen molar-refractivity contribution in [2.24, 2.45) is 5.92 Å². The lowest BCUT2D eigenvalue weighted by molar-refractivity contribution is -0.137. The average Bonchev–Trinajstić information content (AvgIpc) is 2.74. The molecule has 1 saturated heterocycles. The highest BCUT2D eigenvalue weighted by atomic mass is 32.2. The Labute approximate surface area is 182 Å². The van der Waals surface area contributed by atoms with Crippen LogP contribution in [0.25, 0.3) is 0 Å². The van der Waals surface area contributed by atoms with E-state index in [9.17, 15) is 22.8 Å². The summed E-state index contributed by atoms with van der Waals surface area (Å²) >= 11 is 0.996. The lowest BCUT2D eigenvalue weighted by Crippen LogP contribution is -2.42. The van der Waals surface area contributed by atoms with Gasteiger partial charge in [0.15, 0.2) is 0 Å². The van der Waals surface area contributed by atoms with Crippen LogP contribution in [0.2, 0.25) is 0 Å². The van der Waals surface area contributed by atoms with Gasteiger partial charge in [0.05, 0.1) is 17.2 Å². The van der Waals surface area contributed by atoms with Gasteiger partial charge < -0.3 is 15.1 Å². The molecule has 1 atom stereocenters. The minimum absolute atomic E-state index is 0.137. The molecular formula is C21H23F3N4O2S. The second kappa shape index (κ2) is 9.59. The molecule has 2 aromatic rings. The van der Waals surface area contributed by atoms with Gasteiger partial charge in [0.25, 0.3) is 5.24 Å². The Morgan fingerprint density at radius 1 is 1.19 bits per heavy atom. The number of nitrogens with zero attached hydrogens (tertiary/aromatic N) is 3. The summed E-state index contributed by atoms with van der Waals surface area (Å²) in [6, 6.07) is 9.20. The number of alkyl halides is 3. The molecule has 1 aromatic heterocycles. The molecule has 1 aliphatic rings. The number of para-hydroxylation sites is 1. The van der Waals surface area contributed by atoms with E-state index in [-0.39, 0.29) is 23.5 Å². The van der Waals surface area contributed by atoms with Gasteiger partial charge in [0.2, 0.25) is 5.91 Å². The summed E-state index contributed by atoms with van der Waals surface area (Å²) in [4.78, 5) is 32.4. The van der Waals surface area contributed by atoms with E-state index < -0.39 is 17.7 Å². The van der Waals surface area contributed by atoms with Crippen molar-refractivity contribution < 1.29 is 22.8 Å². The van der Waals surface area contributed by atoms with Crippen LogP contribution in [0.1, 0.15) is 18.4 Å². The van der Waals surface area contributed by atoms with Gasteiger partial charge in [0.1, 0.15) is 5.82 Å². The molecule has 2 amide bonds. The van der Waals surface area contributed by atoms with Crippen molar-refractivity contribution >= 4 is 34.4 Å². The fourth-order valence-electron chi connectivity index (χ4n) is 3.33. The molecule has 1 N–H and O–H groups in total. The van der Waals surface area contributed by atoms with E-state index in [1.165, 1.54) is 22.1 Å². The maximum Gasteiger partial charge on any atom is 0.419 e. The summed E-state index contributed by atoms with van der Waals surface area (Å²) in [6.07, 6.45) is -2.07. The number of amides is 2. The van der Waals surface area contributed by atoms with Gasteiger partial charge in [-0.2, -0.15) is 13.2 Å². The zero-order valence-corrected chi connectivity index (χ0v) is 18.0. The molecule has 0 radical (unpaired) electrons. The minimum atomic E-state index is -4.52. The Bertz CT molecular complexity index is 952. The monoisotopic (exact) mass is 452 g/mol. The lowest BCUT2D eigenvalue weighted by atomic mass is 9.96. The molecule has 166 valence electrons. The quantitative estimate of drug-likeness (QED) is 0.680. The lowest BCUT2D eigenvalue weighted by Gasteiger charge is -2.34. The Morgan fingerprint density at radius 2 is 1.94 bits per heavy atom. The van der Waals surface area contributed by atoms with Gasteiger partial charge in [-0.25, -0.2) is 4.98 Å². The third-order valence-corrected chi connectivity index (χ3v) is 6.01. The number of nitrogens with one attached hydrogen (secondary N) is 1. The van der Waals surface area contributed by atoms with Gasteiger partial charge >= 0.3 is 6.18 Å². The van der Waals surface area contributed by atoms with E-state index in [1.54, 1.807) is 38.4 Å². The summed E-state index contributed by atoms with van der Waals surface area (Å²) in [7, 11) is 3.28. The zero-order valence-electron chi connectivity index (χ0n) is 17.1. The van der Waals surface area contributed by atoms with E-state index in [0.29, 0.717) is 30.0 Å². The van der Waals surface area contributed by atoms with Crippen molar-refractivity contribution in [1.82, 2.24) is 9.88 Å². The van der Waals surface area contributed by atoms with Crippen LogP contribution in [0.5, 0.6) is 0 Å². The molecule has 10 heteroatoms. The van der Waals surface area contributed by atoms with Crippen LogP contribution in [0.3, 0.4) is 0 Å². The van der Waals surface area contributed by atoms with Crippen molar-refractivity contribution in [2.45, 2.75) is 23.9 Å². The minimum Gasteiger partial charge on any atom is -0.355 e. The second-order valence-electron chi connectivity index (χ2n) is 7.41. The fourth-order valence-corrected chi connectivity index (χ4v) is 4.08.